The van der Waals surface area contributed by atoms with Crippen LogP contribution in [0.1, 0.15) is 46.9 Å². The van der Waals surface area contributed by atoms with E-state index >= 15 is 0 Å². The number of hydrogen-bond acceptors (Lipinski definition) is 4. The summed E-state index contributed by atoms with van der Waals surface area (Å²) in [5.74, 6) is -0.381. The number of amides is 2. The highest BCUT2D eigenvalue weighted by Gasteiger charge is 2.38. The van der Waals surface area contributed by atoms with Crippen molar-refractivity contribution in [3.63, 3.8) is 0 Å². The highest BCUT2D eigenvalue weighted by Crippen LogP contribution is 2.27. The van der Waals surface area contributed by atoms with Crippen molar-refractivity contribution < 1.29 is 9.59 Å². The molecule has 2 amide bonds. The first-order valence-corrected chi connectivity index (χ1v) is 7.54. The molecule has 112 valence electrons. The summed E-state index contributed by atoms with van der Waals surface area (Å²) >= 11 is 0. The molecule has 5 nitrogen and oxygen atoms in total. The number of likely N-dealkylation sites (tertiary alicyclic amines) is 1. The normalized spacial score (nSPS) is 26.3. The van der Waals surface area contributed by atoms with Crippen LogP contribution in [0.15, 0.2) is 24.3 Å². The first-order valence-electron chi connectivity index (χ1n) is 7.54. The van der Waals surface area contributed by atoms with Crippen LogP contribution in [0.4, 0.5) is 0 Å². The molecule has 0 aliphatic carbocycles. The van der Waals surface area contributed by atoms with Crippen LogP contribution in [0.5, 0.6) is 0 Å². The minimum Gasteiger partial charge on any atom is -0.329 e. The van der Waals surface area contributed by atoms with E-state index in [1.807, 2.05) is 0 Å². The number of fused-ring (bicyclic) bond motifs is 1. The Morgan fingerprint density at radius 2 is 1.76 bits per heavy atom. The Bertz CT molecular complexity index is 537. The second kappa shape index (κ2) is 5.58. The standard InChI is InChI=1S/C16H21N3O2/c1-11-5-4-6-12(9-17)18(11)10-19-15(20)13-7-2-3-8-14(13)16(19)21/h2-3,7-8,11-12H,4-6,9-10,17H2,1H3. The van der Waals surface area contributed by atoms with Gasteiger partial charge in [0, 0.05) is 18.6 Å². The van der Waals surface area contributed by atoms with Crippen LogP contribution in [-0.4, -0.2) is 46.9 Å². The maximum Gasteiger partial charge on any atom is 0.262 e. The Morgan fingerprint density at radius 1 is 1.14 bits per heavy atom. The fourth-order valence-electron chi connectivity index (χ4n) is 3.38. The molecule has 1 fully saturated rings. The molecule has 2 unspecified atom stereocenters. The van der Waals surface area contributed by atoms with Crippen molar-refractivity contribution in [1.29, 1.82) is 0 Å². The van der Waals surface area contributed by atoms with Crippen molar-refractivity contribution in [1.82, 2.24) is 9.80 Å². The fraction of sp³-hybridized carbons (Fsp3) is 0.500. The maximum absolute atomic E-state index is 12.4. The summed E-state index contributed by atoms with van der Waals surface area (Å²) in [6.45, 7) is 3.04. The van der Waals surface area contributed by atoms with Gasteiger partial charge in [0.2, 0.25) is 0 Å². The number of rotatable bonds is 3. The summed E-state index contributed by atoms with van der Waals surface area (Å²) in [5.41, 5.74) is 6.87. The first kappa shape index (κ1) is 14.2. The molecule has 0 aromatic heterocycles. The lowest BCUT2D eigenvalue weighted by Crippen LogP contribution is -2.54. The Balaban J connectivity index is 1.82. The average molecular weight is 287 g/mol. The number of carbonyl (C=O) groups is 2. The van der Waals surface area contributed by atoms with Gasteiger partial charge < -0.3 is 5.73 Å². The van der Waals surface area contributed by atoms with E-state index in [1.54, 1.807) is 24.3 Å². The van der Waals surface area contributed by atoms with Gasteiger partial charge in [0.1, 0.15) is 0 Å². The van der Waals surface area contributed by atoms with Gasteiger partial charge in [-0.3, -0.25) is 19.4 Å². The number of carbonyl (C=O) groups excluding carboxylic acids is 2. The predicted molar refractivity (Wildman–Crippen MR) is 79.8 cm³/mol. The number of imide groups is 1. The molecule has 2 aliphatic rings. The fourth-order valence-corrected chi connectivity index (χ4v) is 3.38. The number of nitrogens with zero attached hydrogens (tertiary/aromatic N) is 2. The van der Waals surface area contributed by atoms with E-state index in [9.17, 15) is 9.59 Å². The van der Waals surface area contributed by atoms with Gasteiger partial charge in [-0.05, 0) is 31.9 Å². The zero-order valence-corrected chi connectivity index (χ0v) is 12.3. The van der Waals surface area contributed by atoms with Gasteiger partial charge in [0.05, 0.1) is 17.8 Å². The van der Waals surface area contributed by atoms with E-state index in [-0.39, 0.29) is 17.9 Å². The van der Waals surface area contributed by atoms with E-state index in [0.29, 0.717) is 30.4 Å². The lowest BCUT2D eigenvalue weighted by molar-refractivity contribution is 0.0283. The molecule has 2 heterocycles. The SMILES string of the molecule is CC1CCCC(CN)N1CN1C(=O)c2ccccc2C1=O. The number of hydrogen-bond donors (Lipinski definition) is 1. The third kappa shape index (κ3) is 2.36. The minimum atomic E-state index is -0.191. The zero-order chi connectivity index (χ0) is 15.0. The summed E-state index contributed by atoms with van der Waals surface area (Å²) in [4.78, 5) is 28.4. The summed E-state index contributed by atoms with van der Waals surface area (Å²) in [5, 5.41) is 0. The quantitative estimate of drug-likeness (QED) is 0.854. The van der Waals surface area contributed by atoms with Gasteiger partial charge in [0.15, 0.2) is 0 Å². The van der Waals surface area contributed by atoms with Crippen LogP contribution in [0.25, 0.3) is 0 Å². The number of nitrogens with two attached hydrogens (primary N) is 1. The molecule has 1 aromatic carbocycles. The second-order valence-electron chi connectivity index (χ2n) is 5.91. The van der Waals surface area contributed by atoms with Crippen molar-refractivity contribution in [3.8, 4) is 0 Å². The third-order valence-electron chi connectivity index (χ3n) is 4.65. The van der Waals surface area contributed by atoms with Crippen molar-refractivity contribution in [2.45, 2.75) is 38.3 Å². The Hall–Kier alpha value is -1.72. The van der Waals surface area contributed by atoms with E-state index in [2.05, 4.69) is 11.8 Å². The molecular weight excluding hydrogens is 266 g/mol. The van der Waals surface area contributed by atoms with Crippen molar-refractivity contribution in [2.24, 2.45) is 5.73 Å². The monoisotopic (exact) mass is 287 g/mol. The molecule has 21 heavy (non-hydrogen) atoms. The molecule has 0 spiro atoms. The predicted octanol–water partition coefficient (Wildman–Crippen LogP) is 1.44. The smallest absolute Gasteiger partial charge is 0.262 e. The molecule has 2 atom stereocenters. The molecule has 1 aromatic rings. The van der Waals surface area contributed by atoms with Crippen LogP contribution in [0.3, 0.4) is 0 Å². The third-order valence-corrected chi connectivity index (χ3v) is 4.65. The van der Waals surface area contributed by atoms with Gasteiger partial charge in [0.25, 0.3) is 11.8 Å². The molecule has 0 saturated carbocycles. The lowest BCUT2D eigenvalue weighted by atomic mass is 9.97. The minimum absolute atomic E-state index is 0.191. The first-order chi connectivity index (χ1) is 10.1. The average Bonchev–Trinajstić information content (AvgIpc) is 2.74. The van der Waals surface area contributed by atoms with Gasteiger partial charge in [-0.1, -0.05) is 18.6 Å². The molecule has 5 heteroatoms. The largest absolute Gasteiger partial charge is 0.329 e. The van der Waals surface area contributed by atoms with Crippen molar-refractivity contribution in [3.05, 3.63) is 35.4 Å². The molecule has 3 rings (SSSR count). The Morgan fingerprint density at radius 3 is 2.33 bits per heavy atom. The number of piperidine rings is 1. The molecule has 2 aliphatic heterocycles. The van der Waals surface area contributed by atoms with Crippen LogP contribution in [0.2, 0.25) is 0 Å². The van der Waals surface area contributed by atoms with Crippen LogP contribution < -0.4 is 5.73 Å². The molecule has 0 radical (unpaired) electrons. The van der Waals surface area contributed by atoms with Gasteiger partial charge in [-0.15, -0.1) is 0 Å². The van der Waals surface area contributed by atoms with E-state index in [4.69, 9.17) is 5.73 Å². The highest BCUT2D eigenvalue weighted by molar-refractivity contribution is 6.21. The Labute approximate surface area is 124 Å². The van der Waals surface area contributed by atoms with Crippen molar-refractivity contribution >= 4 is 11.8 Å². The summed E-state index contributed by atoms with van der Waals surface area (Å²) in [6, 6.07) is 7.61. The topological polar surface area (TPSA) is 66.6 Å². The van der Waals surface area contributed by atoms with Gasteiger partial charge >= 0.3 is 0 Å². The summed E-state index contributed by atoms with van der Waals surface area (Å²) in [6.07, 6.45) is 3.27. The van der Waals surface area contributed by atoms with Crippen LogP contribution in [-0.2, 0) is 0 Å². The zero-order valence-electron chi connectivity index (χ0n) is 12.3. The lowest BCUT2D eigenvalue weighted by Gasteiger charge is -2.41. The van der Waals surface area contributed by atoms with Crippen LogP contribution >= 0.6 is 0 Å². The maximum atomic E-state index is 12.4. The van der Waals surface area contributed by atoms with E-state index in [1.165, 1.54) is 4.90 Å². The molecule has 2 N–H and O–H groups in total. The van der Waals surface area contributed by atoms with Gasteiger partial charge in [-0.25, -0.2) is 0 Å². The molecule has 1 saturated heterocycles. The van der Waals surface area contributed by atoms with E-state index < -0.39 is 0 Å². The molecular formula is C16H21N3O2. The van der Waals surface area contributed by atoms with Crippen LogP contribution in [0, 0.1) is 0 Å². The summed E-state index contributed by atoms with van der Waals surface area (Å²) in [7, 11) is 0. The second-order valence-corrected chi connectivity index (χ2v) is 5.91. The molecule has 0 bridgehead atoms. The van der Waals surface area contributed by atoms with E-state index in [0.717, 1.165) is 19.3 Å². The Kier molecular flexibility index (Phi) is 3.78. The van der Waals surface area contributed by atoms with Crippen molar-refractivity contribution in [2.75, 3.05) is 13.2 Å². The van der Waals surface area contributed by atoms with Gasteiger partial charge in [-0.2, -0.15) is 0 Å². The number of benzene rings is 1. The summed E-state index contributed by atoms with van der Waals surface area (Å²) < 4.78 is 0. The highest BCUT2D eigenvalue weighted by atomic mass is 16.2.